The van der Waals surface area contributed by atoms with Crippen LogP contribution in [0.3, 0.4) is 0 Å². The summed E-state index contributed by atoms with van der Waals surface area (Å²) >= 11 is 0. The molecule has 3 N–H and O–H groups in total. The molecular weight excluding hydrogens is 212 g/mol. The zero-order valence-electron chi connectivity index (χ0n) is 9.60. The molecule has 92 valence electrons. The number of nitrogens with zero attached hydrogens (tertiary/aromatic N) is 1. The lowest BCUT2D eigenvalue weighted by Crippen LogP contribution is -2.39. The first-order valence-electron chi connectivity index (χ1n) is 5.48. The van der Waals surface area contributed by atoms with E-state index in [1.807, 2.05) is 6.92 Å². The first kappa shape index (κ1) is 12.9. The van der Waals surface area contributed by atoms with E-state index in [0.29, 0.717) is 19.4 Å². The Kier molecular flexibility index (Phi) is 4.26. The second-order valence-electron chi connectivity index (χ2n) is 4.39. The maximum absolute atomic E-state index is 13.2. The summed E-state index contributed by atoms with van der Waals surface area (Å²) in [5.41, 5.74) is 6.43. The number of halogens is 2. The zero-order chi connectivity index (χ0) is 12.2. The molecule has 0 aliphatic heterocycles. The van der Waals surface area contributed by atoms with E-state index in [9.17, 15) is 8.78 Å². The summed E-state index contributed by atoms with van der Waals surface area (Å²) in [6.07, 6.45) is 1.12. The van der Waals surface area contributed by atoms with E-state index in [1.54, 1.807) is 0 Å². The molecule has 0 aromatic heterocycles. The topological polar surface area (TPSA) is 50.4 Å². The van der Waals surface area contributed by atoms with E-state index in [4.69, 9.17) is 5.73 Å². The van der Waals surface area contributed by atoms with Gasteiger partial charge in [-0.05, 0) is 19.8 Å². The number of nitrogens with one attached hydrogen (secondary N) is 1. The molecule has 1 aliphatic rings. The van der Waals surface area contributed by atoms with Crippen molar-refractivity contribution >= 4 is 5.96 Å². The minimum atomic E-state index is -2.55. The van der Waals surface area contributed by atoms with E-state index in [-0.39, 0.29) is 18.9 Å². The summed E-state index contributed by atoms with van der Waals surface area (Å²) in [6.45, 7) is 6.14. The van der Waals surface area contributed by atoms with Crippen molar-refractivity contribution in [1.82, 2.24) is 5.32 Å². The minimum Gasteiger partial charge on any atom is -0.370 e. The molecule has 0 aromatic rings. The van der Waals surface area contributed by atoms with Crippen molar-refractivity contribution in [3.8, 4) is 0 Å². The molecule has 3 nitrogen and oxygen atoms in total. The first-order chi connectivity index (χ1) is 7.42. The zero-order valence-corrected chi connectivity index (χ0v) is 9.60. The standard InChI is InChI=1S/C11H19F2N3/c1-8(2)6-15-10(14)16-7-9-4-3-5-11(9,12)13/h9H,1,3-7H2,2H3,(H3,14,15,16). The number of hydrogen-bond donors (Lipinski definition) is 2. The van der Waals surface area contributed by atoms with Crippen LogP contribution in [-0.4, -0.2) is 25.0 Å². The highest BCUT2D eigenvalue weighted by Gasteiger charge is 2.43. The minimum absolute atomic E-state index is 0.0117. The number of aliphatic imine (C=N–C) groups is 1. The Labute approximate surface area is 94.8 Å². The van der Waals surface area contributed by atoms with E-state index < -0.39 is 11.8 Å². The van der Waals surface area contributed by atoms with E-state index in [1.165, 1.54) is 0 Å². The second kappa shape index (κ2) is 5.27. The molecule has 1 unspecified atom stereocenters. The SMILES string of the molecule is C=C(C)CN=C(N)NCC1CCCC1(F)F. The highest BCUT2D eigenvalue weighted by Crippen LogP contribution is 2.39. The largest absolute Gasteiger partial charge is 0.370 e. The quantitative estimate of drug-likeness (QED) is 0.441. The number of hydrogen-bond acceptors (Lipinski definition) is 1. The monoisotopic (exact) mass is 231 g/mol. The number of nitrogens with two attached hydrogens (primary N) is 1. The van der Waals surface area contributed by atoms with Crippen molar-refractivity contribution in [3.63, 3.8) is 0 Å². The van der Waals surface area contributed by atoms with Crippen LogP contribution in [0.2, 0.25) is 0 Å². The predicted octanol–water partition coefficient (Wildman–Crippen LogP) is 1.90. The molecule has 0 heterocycles. The van der Waals surface area contributed by atoms with E-state index >= 15 is 0 Å². The Balaban J connectivity index is 2.34. The molecule has 1 atom stereocenters. The first-order valence-corrected chi connectivity index (χ1v) is 5.48. The Morgan fingerprint density at radius 2 is 2.31 bits per heavy atom. The lowest BCUT2D eigenvalue weighted by atomic mass is 10.1. The number of alkyl halides is 2. The molecule has 0 bridgehead atoms. The third-order valence-corrected chi connectivity index (χ3v) is 2.71. The molecule has 1 saturated carbocycles. The van der Waals surface area contributed by atoms with Gasteiger partial charge >= 0.3 is 0 Å². The van der Waals surface area contributed by atoms with Crippen LogP contribution in [0.15, 0.2) is 17.1 Å². The maximum atomic E-state index is 13.2. The predicted molar refractivity (Wildman–Crippen MR) is 61.6 cm³/mol. The summed E-state index contributed by atoms with van der Waals surface area (Å²) < 4.78 is 26.5. The van der Waals surface area contributed by atoms with Crippen molar-refractivity contribution in [2.24, 2.45) is 16.6 Å². The highest BCUT2D eigenvalue weighted by molar-refractivity contribution is 5.77. The van der Waals surface area contributed by atoms with Gasteiger partial charge in [0.25, 0.3) is 5.92 Å². The fourth-order valence-electron chi connectivity index (χ4n) is 1.75. The van der Waals surface area contributed by atoms with Crippen LogP contribution < -0.4 is 11.1 Å². The Hall–Kier alpha value is -1.13. The maximum Gasteiger partial charge on any atom is 0.252 e. The summed E-state index contributed by atoms with van der Waals surface area (Å²) in [6, 6.07) is 0. The lowest BCUT2D eigenvalue weighted by molar-refractivity contribution is -0.0345. The van der Waals surface area contributed by atoms with Gasteiger partial charge in [0.05, 0.1) is 6.54 Å². The van der Waals surface area contributed by atoms with Crippen LogP contribution in [0.25, 0.3) is 0 Å². The molecule has 1 fully saturated rings. The summed E-state index contributed by atoms with van der Waals surface area (Å²) in [5.74, 6) is -2.96. The van der Waals surface area contributed by atoms with Crippen LogP contribution in [0, 0.1) is 5.92 Å². The number of rotatable bonds is 4. The smallest absolute Gasteiger partial charge is 0.252 e. The molecule has 1 aliphatic carbocycles. The van der Waals surface area contributed by atoms with Gasteiger partial charge in [-0.3, -0.25) is 0 Å². The van der Waals surface area contributed by atoms with Gasteiger partial charge < -0.3 is 11.1 Å². The van der Waals surface area contributed by atoms with E-state index in [2.05, 4.69) is 16.9 Å². The number of guanidine groups is 1. The van der Waals surface area contributed by atoms with Gasteiger partial charge in [-0.2, -0.15) is 0 Å². The molecule has 5 heteroatoms. The van der Waals surface area contributed by atoms with Gasteiger partial charge in [0.15, 0.2) is 5.96 Å². The lowest BCUT2D eigenvalue weighted by Gasteiger charge is -2.19. The van der Waals surface area contributed by atoms with Gasteiger partial charge in [0.1, 0.15) is 0 Å². The van der Waals surface area contributed by atoms with Crippen LogP contribution in [0.4, 0.5) is 8.78 Å². The van der Waals surface area contributed by atoms with Crippen LogP contribution >= 0.6 is 0 Å². The summed E-state index contributed by atoms with van der Waals surface area (Å²) in [7, 11) is 0. The van der Waals surface area contributed by atoms with E-state index in [0.717, 1.165) is 5.57 Å². The molecule has 0 spiro atoms. The third kappa shape index (κ3) is 3.79. The second-order valence-corrected chi connectivity index (χ2v) is 4.39. The fourth-order valence-corrected chi connectivity index (χ4v) is 1.75. The molecule has 0 aromatic carbocycles. The molecule has 0 amide bonds. The Morgan fingerprint density at radius 3 is 2.81 bits per heavy atom. The van der Waals surface area contributed by atoms with Gasteiger partial charge in [0.2, 0.25) is 0 Å². The van der Waals surface area contributed by atoms with Crippen molar-refractivity contribution in [3.05, 3.63) is 12.2 Å². The summed E-state index contributed by atoms with van der Waals surface area (Å²) in [5, 5.41) is 2.74. The van der Waals surface area contributed by atoms with Gasteiger partial charge in [-0.25, -0.2) is 13.8 Å². The highest BCUT2D eigenvalue weighted by atomic mass is 19.3. The summed E-state index contributed by atoms with van der Waals surface area (Å²) in [4.78, 5) is 3.97. The molecule has 1 rings (SSSR count). The molecular formula is C11H19F2N3. The van der Waals surface area contributed by atoms with Gasteiger partial charge in [-0.1, -0.05) is 12.2 Å². The van der Waals surface area contributed by atoms with Crippen LogP contribution in [0.1, 0.15) is 26.2 Å². The van der Waals surface area contributed by atoms with Gasteiger partial charge in [0, 0.05) is 18.9 Å². The Morgan fingerprint density at radius 1 is 1.62 bits per heavy atom. The normalized spacial score (nSPS) is 24.4. The molecule has 0 radical (unpaired) electrons. The van der Waals surface area contributed by atoms with Gasteiger partial charge in [-0.15, -0.1) is 0 Å². The third-order valence-electron chi connectivity index (χ3n) is 2.71. The van der Waals surface area contributed by atoms with Crippen LogP contribution in [-0.2, 0) is 0 Å². The average Bonchev–Trinajstić information content (AvgIpc) is 2.51. The van der Waals surface area contributed by atoms with Crippen LogP contribution in [0.5, 0.6) is 0 Å². The van der Waals surface area contributed by atoms with Crippen molar-refractivity contribution in [2.45, 2.75) is 32.1 Å². The fraction of sp³-hybridized carbons (Fsp3) is 0.727. The molecule has 16 heavy (non-hydrogen) atoms. The molecule has 0 saturated heterocycles. The van der Waals surface area contributed by atoms with Crippen molar-refractivity contribution in [1.29, 1.82) is 0 Å². The van der Waals surface area contributed by atoms with Crippen molar-refractivity contribution in [2.75, 3.05) is 13.1 Å². The van der Waals surface area contributed by atoms with Crippen molar-refractivity contribution < 1.29 is 8.78 Å². The average molecular weight is 231 g/mol. The Bertz CT molecular complexity index is 287.